The first kappa shape index (κ1) is 17.1. The van der Waals surface area contributed by atoms with Crippen LogP contribution in [0.3, 0.4) is 0 Å². The number of rotatable bonds is 3. The number of hydrogen-bond donors (Lipinski definition) is 1. The minimum absolute atomic E-state index is 0.269. The fourth-order valence-electron chi connectivity index (χ4n) is 4.06. The van der Waals surface area contributed by atoms with E-state index in [2.05, 4.69) is 28.5 Å². The average Bonchev–Trinajstić information content (AvgIpc) is 2.56. The number of carbonyl (C=O) groups excluding carboxylic acids is 1. The first-order valence-corrected chi connectivity index (χ1v) is 9.12. The Balaban J connectivity index is 1.54. The molecule has 0 aromatic heterocycles. The molecule has 2 fully saturated rings. The highest BCUT2D eigenvalue weighted by atomic mass is 16.3. The van der Waals surface area contributed by atoms with Gasteiger partial charge in [0.05, 0.1) is 12.2 Å². The Bertz CT molecular complexity index is 559. The predicted molar refractivity (Wildman–Crippen MR) is 96.4 cm³/mol. The Hall–Kier alpha value is -1.75. The minimum Gasteiger partial charge on any atom is -0.506 e. The number of phenolic OH excluding ortho intramolecular Hbond substituents is 1. The van der Waals surface area contributed by atoms with E-state index in [1.54, 1.807) is 6.07 Å². The zero-order valence-electron chi connectivity index (χ0n) is 14.8. The van der Waals surface area contributed by atoms with Gasteiger partial charge in [0, 0.05) is 38.3 Å². The molecule has 1 N–H and O–H groups in total. The van der Waals surface area contributed by atoms with Crippen molar-refractivity contribution in [3.05, 3.63) is 24.3 Å². The molecule has 2 aliphatic heterocycles. The van der Waals surface area contributed by atoms with Crippen LogP contribution in [-0.4, -0.2) is 65.6 Å². The topological polar surface area (TPSA) is 47.0 Å². The van der Waals surface area contributed by atoms with E-state index in [0.717, 1.165) is 44.7 Å². The van der Waals surface area contributed by atoms with Gasteiger partial charge in [-0.1, -0.05) is 12.1 Å². The van der Waals surface area contributed by atoms with E-state index in [1.807, 2.05) is 18.2 Å². The molecule has 3 rings (SSSR count). The van der Waals surface area contributed by atoms with Crippen LogP contribution in [0.5, 0.6) is 5.75 Å². The molecule has 1 aromatic carbocycles. The van der Waals surface area contributed by atoms with E-state index >= 15 is 0 Å². The van der Waals surface area contributed by atoms with Gasteiger partial charge in [-0.05, 0) is 45.2 Å². The van der Waals surface area contributed by atoms with Crippen LogP contribution in [0.25, 0.3) is 0 Å². The number of nitrogens with zero attached hydrogens (tertiary/aromatic N) is 3. The van der Waals surface area contributed by atoms with Gasteiger partial charge in [-0.25, -0.2) is 0 Å². The maximum atomic E-state index is 12.7. The highest BCUT2D eigenvalue weighted by Gasteiger charge is 2.30. The fourth-order valence-corrected chi connectivity index (χ4v) is 4.06. The third kappa shape index (κ3) is 3.66. The van der Waals surface area contributed by atoms with Crippen molar-refractivity contribution in [2.24, 2.45) is 0 Å². The lowest BCUT2D eigenvalue weighted by molar-refractivity contribution is -0.138. The van der Waals surface area contributed by atoms with Crippen LogP contribution in [0.4, 0.5) is 5.69 Å². The van der Waals surface area contributed by atoms with Gasteiger partial charge in [-0.2, -0.15) is 0 Å². The number of likely N-dealkylation sites (tertiary alicyclic amines) is 1. The van der Waals surface area contributed by atoms with Crippen molar-refractivity contribution >= 4 is 11.6 Å². The largest absolute Gasteiger partial charge is 0.506 e. The lowest BCUT2D eigenvalue weighted by Crippen LogP contribution is -2.54. The number of para-hydroxylation sites is 2. The summed E-state index contributed by atoms with van der Waals surface area (Å²) in [5.74, 6) is 0.601. The molecule has 0 unspecified atom stereocenters. The molecule has 0 radical (unpaired) electrons. The number of piperazine rings is 1. The standard InChI is InChI=1S/C19H29N3O2/c1-15-6-5-7-16(2)22(15)19(24)14-20-10-12-21(13-11-20)17-8-3-4-9-18(17)23/h3-4,8-9,15-16,23H,5-7,10-14H2,1-2H3/t15-,16-/m1/s1. The molecule has 1 aromatic rings. The SMILES string of the molecule is C[C@@H]1CCC[C@@H](C)N1C(=O)CN1CCN(c2ccccc2O)CC1. The zero-order valence-corrected chi connectivity index (χ0v) is 14.8. The van der Waals surface area contributed by atoms with Crippen LogP contribution in [-0.2, 0) is 4.79 Å². The Labute approximate surface area is 144 Å². The lowest BCUT2D eigenvalue weighted by Gasteiger charge is -2.41. The quantitative estimate of drug-likeness (QED) is 0.923. The molecule has 1 amide bonds. The number of carbonyl (C=O) groups is 1. The number of aromatic hydroxyl groups is 1. The summed E-state index contributed by atoms with van der Waals surface area (Å²) in [5, 5.41) is 9.99. The zero-order chi connectivity index (χ0) is 17.1. The van der Waals surface area contributed by atoms with Crippen molar-refractivity contribution in [3.8, 4) is 5.75 Å². The molecule has 24 heavy (non-hydrogen) atoms. The van der Waals surface area contributed by atoms with Crippen LogP contribution < -0.4 is 4.90 Å². The van der Waals surface area contributed by atoms with E-state index in [9.17, 15) is 9.90 Å². The summed E-state index contributed by atoms with van der Waals surface area (Å²) < 4.78 is 0. The first-order valence-electron chi connectivity index (χ1n) is 9.12. The third-order valence-corrected chi connectivity index (χ3v) is 5.44. The predicted octanol–water partition coefficient (Wildman–Crippen LogP) is 2.30. The minimum atomic E-state index is 0.269. The molecule has 0 aliphatic carbocycles. The maximum Gasteiger partial charge on any atom is 0.237 e. The Kier molecular flexibility index (Phi) is 5.29. The van der Waals surface area contributed by atoms with Crippen LogP contribution in [0, 0.1) is 0 Å². The fraction of sp³-hybridized carbons (Fsp3) is 0.632. The summed E-state index contributed by atoms with van der Waals surface area (Å²) in [6.07, 6.45) is 3.47. The van der Waals surface area contributed by atoms with E-state index < -0.39 is 0 Å². The smallest absolute Gasteiger partial charge is 0.237 e. The van der Waals surface area contributed by atoms with Crippen LogP contribution >= 0.6 is 0 Å². The number of amides is 1. The maximum absolute atomic E-state index is 12.7. The van der Waals surface area contributed by atoms with Gasteiger partial charge in [-0.15, -0.1) is 0 Å². The summed E-state index contributed by atoms with van der Waals surface area (Å²) in [4.78, 5) is 19.3. The second kappa shape index (κ2) is 7.43. The van der Waals surface area contributed by atoms with Crippen LogP contribution in [0.2, 0.25) is 0 Å². The summed E-state index contributed by atoms with van der Waals surface area (Å²) in [5.41, 5.74) is 0.891. The highest BCUT2D eigenvalue weighted by Crippen LogP contribution is 2.27. The molecule has 0 saturated carbocycles. The molecule has 0 spiro atoms. The van der Waals surface area contributed by atoms with E-state index in [0.29, 0.717) is 24.4 Å². The number of hydrogen-bond acceptors (Lipinski definition) is 4. The molecule has 5 nitrogen and oxygen atoms in total. The van der Waals surface area contributed by atoms with Gasteiger partial charge in [0.2, 0.25) is 5.91 Å². The summed E-state index contributed by atoms with van der Waals surface area (Å²) >= 11 is 0. The number of piperidine rings is 1. The number of benzene rings is 1. The van der Waals surface area contributed by atoms with Gasteiger partial charge in [-0.3, -0.25) is 9.69 Å². The van der Waals surface area contributed by atoms with Crippen molar-refractivity contribution in [1.29, 1.82) is 0 Å². The van der Waals surface area contributed by atoms with Gasteiger partial charge < -0.3 is 14.9 Å². The van der Waals surface area contributed by atoms with Crippen molar-refractivity contribution in [1.82, 2.24) is 9.80 Å². The molecule has 2 saturated heterocycles. The Morgan fingerprint density at radius 3 is 2.33 bits per heavy atom. The molecular weight excluding hydrogens is 302 g/mol. The van der Waals surface area contributed by atoms with E-state index in [4.69, 9.17) is 0 Å². The first-order chi connectivity index (χ1) is 11.6. The monoisotopic (exact) mass is 331 g/mol. The van der Waals surface area contributed by atoms with Crippen molar-refractivity contribution in [2.45, 2.75) is 45.2 Å². The average molecular weight is 331 g/mol. The molecule has 2 heterocycles. The number of phenols is 1. The molecule has 2 aliphatic rings. The molecule has 2 atom stereocenters. The number of anilines is 1. The van der Waals surface area contributed by atoms with E-state index in [-0.39, 0.29) is 5.91 Å². The van der Waals surface area contributed by atoms with Gasteiger partial charge in [0.15, 0.2) is 0 Å². The van der Waals surface area contributed by atoms with Crippen LogP contribution in [0.15, 0.2) is 24.3 Å². The summed E-state index contributed by atoms with van der Waals surface area (Å²) in [6, 6.07) is 8.20. The van der Waals surface area contributed by atoms with Crippen molar-refractivity contribution in [2.75, 3.05) is 37.6 Å². The second-order valence-corrected chi connectivity index (χ2v) is 7.18. The second-order valence-electron chi connectivity index (χ2n) is 7.18. The van der Waals surface area contributed by atoms with Crippen LogP contribution in [0.1, 0.15) is 33.1 Å². The van der Waals surface area contributed by atoms with Crippen molar-refractivity contribution in [3.63, 3.8) is 0 Å². The molecular formula is C19H29N3O2. The van der Waals surface area contributed by atoms with Gasteiger partial charge >= 0.3 is 0 Å². The Morgan fingerprint density at radius 1 is 1.08 bits per heavy atom. The van der Waals surface area contributed by atoms with Crippen molar-refractivity contribution < 1.29 is 9.90 Å². The normalized spacial score (nSPS) is 25.8. The van der Waals surface area contributed by atoms with E-state index in [1.165, 1.54) is 6.42 Å². The third-order valence-electron chi connectivity index (χ3n) is 5.44. The molecule has 132 valence electrons. The highest BCUT2D eigenvalue weighted by molar-refractivity contribution is 5.79. The summed E-state index contributed by atoms with van der Waals surface area (Å²) in [6.45, 7) is 8.26. The van der Waals surface area contributed by atoms with Gasteiger partial charge in [0.1, 0.15) is 5.75 Å². The molecule has 5 heteroatoms. The summed E-state index contributed by atoms with van der Waals surface area (Å²) in [7, 11) is 0. The molecule has 0 bridgehead atoms. The lowest BCUT2D eigenvalue weighted by atomic mass is 9.97. The van der Waals surface area contributed by atoms with Gasteiger partial charge in [0.25, 0.3) is 0 Å². The Morgan fingerprint density at radius 2 is 1.71 bits per heavy atom.